The molecule has 2 N–H and O–H groups in total. The highest BCUT2D eigenvalue weighted by molar-refractivity contribution is 7.15. The molecule has 10 nitrogen and oxygen atoms in total. The van der Waals surface area contributed by atoms with E-state index in [1.165, 1.54) is 28.5 Å². The maximum absolute atomic E-state index is 12.3. The zero-order valence-electron chi connectivity index (χ0n) is 13.1. The van der Waals surface area contributed by atoms with Crippen molar-refractivity contribution in [2.75, 3.05) is 11.9 Å². The maximum atomic E-state index is 12.3. The number of para-hydroxylation sites is 1. The van der Waals surface area contributed by atoms with Gasteiger partial charge in [0, 0.05) is 5.56 Å². The predicted molar refractivity (Wildman–Crippen MR) is 92.9 cm³/mol. The standard InChI is InChI=1S/C15H11N7O3S/c23-12(20-14-16-7-18-21-14)6-25-10-4-2-1-3-9(10)5-11-13(24)22-15(26-11)17-8-19-22/h1-5,7-8H,6H2,(H2,16,18,20,21,23)/b11-5-. The van der Waals surface area contributed by atoms with Crippen molar-refractivity contribution < 1.29 is 9.53 Å². The summed E-state index contributed by atoms with van der Waals surface area (Å²) < 4.78 is 7.29. The van der Waals surface area contributed by atoms with Gasteiger partial charge in [-0.3, -0.25) is 14.9 Å². The van der Waals surface area contributed by atoms with Crippen molar-refractivity contribution in [2.24, 2.45) is 0 Å². The number of carbonyl (C=O) groups excluding carboxylic acids is 1. The summed E-state index contributed by atoms with van der Waals surface area (Å²) in [6.45, 7) is -0.217. The summed E-state index contributed by atoms with van der Waals surface area (Å²) in [5.41, 5.74) is 0.418. The zero-order chi connectivity index (χ0) is 17.9. The molecule has 0 bridgehead atoms. The van der Waals surface area contributed by atoms with Crippen molar-refractivity contribution in [3.05, 3.63) is 57.4 Å². The quantitative estimate of drug-likeness (QED) is 0.500. The number of ether oxygens (including phenoxy) is 1. The maximum Gasteiger partial charge on any atom is 0.291 e. The number of nitrogens with one attached hydrogen (secondary N) is 2. The van der Waals surface area contributed by atoms with Gasteiger partial charge in [-0.05, 0) is 12.1 Å². The number of carbonyl (C=O) groups is 1. The number of amides is 1. The second kappa shape index (κ2) is 6.72. The lowest BCUT2D eigenvalue weighted by atomic mass is 10.2. The van der Waals surface area contributed by atoms with Crippen LogP contribution in [-0.2, 0) is 4.79 Å². The first-order valence-electron chi connectivity index (χ1n) is 7.42. The molecule has 1 aromatic carbocycles. The number of hydrogen-bond donors (Lipinski definition) is 2. The largest absolute Gasteiger partial charge is 0.483 e. The molecule has 0 aliphatic heterocycles. The van der Waals surface area contributed by atoms with Gasteiger partial charge in [-0.15, -0.1) is 0 Å². The minimum Gasteiger partial charge on any atom is -0.483 e. The second-order valence-corrected chi connectivity index (χ2v) is 6.09. The van der Waals surface area contributed by atoms with Gasteiger partial charge in [0.15, 0.2) is 6.61 Å². The number of thiazole rings is 1. The number of anilines is 1. The van der Waals surface area contributed by atoms with Gasteiger partial charge in [-0.25, -0.2) is 10.1 Å². The monoisotopic (exact) mass is 369 g/mol. The fourth-order valence-corrected chi connectivity index (χ4v) is 3.10. The number of rotatable bonds is 5. The van der Waals surface area contributed by atoms with Gasteiger partial charge < -0.3 is 4.74 Å². The first-order valence-corrected chi connectivity index (χ1v) is 8.23. The Bertz CT molecular complexity index is 1170. The lowest BCUT2D eigenvalue weighted by Crippen LogP contribution is -2.24. The number of benzene rings is 1. The highest BCUT2D eigenvalue weighted by Crippen LogP contribution is 2.18. The van der Waals surface area contributed by atoms with E-state index in [2.05, 4.69) is 30.6 Å². The highest BCUT2D eigenvalue weighted by atomic mass is 32.1. The van der Waals surface area contributed by atoms with E-state index in [9.17, 15) is 9.59 Å². The van der Waals surface area contributed by atoms with Gasteiger partial charge in [0.25, 0.3) is 11.5 Å². The van der Waals surface area contributed by atoms with Crippen molar-refractivity contribution in [2.45, 2.75) is 0 Å². The van der Waals surface area contributed by atoms with Crippen LogP contribution in [0.25, 0.3) is 11.0 Å². The van der Waals surface area contributed by atoms with Crippen LogP contribution in [0.5, 0.6) is 5.75 Å². The number of fused-ring (bicyclic) bond motifs is 1. The summed E-state index contributed by atoms with van der Waals surface area (Å²) in [6, 6.07) is 7.10. The third-order valence-electron chi connectivity index (χ3n) is 3.36. The molecule has 0 saturated heterocycles. The van der Waals surface area contributed by atoms with E-state index < -0.39 is 0 Å². The minimum absolute atomic E-state index is 0.217. The summed E-state index contributed by atoms with van der Waals surface area (Å²) in [6.07, 6.45) is 4.31. The van der Waals surface area contributed by atoms with Crippen LogP contribution in [0.3, 0.4) is 0 Å². The third-order valence-corrected chi connectivity index (χ3v) is 4.33. The smallest absolute Gasteiger partial charge is 0.291 e. The Morgan fingerprint density at radius 3 is 3.00 bits per heavy atom. The Morgan fingerprint density at radius 2 is 2.19 bits per heavy atom. The molecule has 3 heterocycles. The molecule has 0 saturated carbocycles. The van der Waals surface area contributed by atoms with Gasteiger partial charge in [-0.1, -0.05) is 29.5 Å². The molecule has 0 fully saturated rings. The summed E-state index contributed by atoms with van der Waals surface area (Å²) in [5.74, 6) is 0.322. The van der Waals surface area contributed by atoms with Crippen molar-refractivity contribution in [3.8, 4) is 5.75 Å². The molecule has 11 heteroatoms. The Balaban J connectivity index is 1.56. The normalized spacial score (nSPS) is 11.8. The third kappa shape index (κ3) is 3.15. The van der Waals surface area contributed by atoms with E-state index in [0.29, 0.717) is 20.8 Å². The summed E-state index contributed by atoms with van der Waals surface area (Å²) >= 11 is 1.23. The average molecular weight is 369 g/mol. The first-order chi connectivity index (χ1) is 12.7. The summed E-state index contributed by atoms with van der Waals surface area (Å²) in [7, 11) is 0. The fourth-order valence-electron chi connectivity index (χ4n) is 2.23. The van der Waals surface area contributed by atoms with E-state index in [-0.39, 0.29) is 24.0 Å². The van der Waals surface area contributed by atoms with E-state index in [4.69, 9.17) is 4.74 Å². The molecule has 0 atom stereocenters. The number of nitrogens with zero attached hydrogens (tertiary/aromatic N) is 5. The Labute approximate surface area is 149 Å². The molecule has 0 aliphatic carbocycles. The van der Waals surface area contributed by atoms with Crippen LogP contribution in [0.15, 0.2) is 41.7 Å². The molecule has 4 rings (SSSR count). The number of aromatic amines is 1. The molecule has 130 valence electrons. The van der Waals surface area contributed by atoms with Crippen LogP contribution in [0.1, 0.15) is 5.56 Å². The van der Waals surface area contributed by atoms with Crippen LogP contribution < -0.4 is 20.1 Å². The average Bonchev–Trinajstić information content (AvgIpc) is 3.36. The lowest BCUT2D eigenvalue weighted by molar-refractivity contribution is -0.118. The fraction of sp³-hybridized carbons (Fsp3) is 0.0667. The van der Waals surface area contributed by atoms with Crippen LogP contribution >= 0.6 is 11.3 Å². The van der Waals surface area contributed by atoms with Crippen LogP contribution in [0.2, 0.25) is 0 Å². The molecule has 0 unspecified atom stereocenters. The van der Waals surface area contributed by atoms with Crippen molar-refractivity contribution in [1.82, 2.24) is 29.8 Å². The Morgan fingerprint density at radius 1 is 1.31 bits per heavy atom. The molecule has 0 aliphatic rings. The zero-order valence-corrected chi connectivity index (χ0v) is 13.9. The van der Waals surface area contributed by atoms with Crippen LogP contribution in [0.4, 0.5) is 5.95 Å². The van der Waals surface area contributed by atoms with Crippen molar-refractivity contribution >= 4 is 34.2 Å². The minimum atomic E-state index is -0.389. The molecular weight excluding hydrogens is 358 g/mol. The van der Waals surface area contributed by atoms with E-state index in [1.807, 2.05) is 6.07 Å². The van der Waals surface area contributed by atoms with E-state index in [0.717, 1.165) is 0 Å². The molecule has 4 aromatic rings. The molecule has 1 amide bonds. The van der Waals surface area contributed by atoms with Crippen LogP contribution in [0, 0.1) is 0 Å². The Kier molecular flexibility index (Phi) is 4.11. The van der Waals surface area contributed by atoms with Crippen molar-refractivity contribution in [3.63, 3.8) is 0 Å². The number of H-pyrrole nitrogens is 1. The van der Waals surface area contributed by atoms with E-state index >= 15 is 0 Å². The predicted octanol–water partition coefficient (Wildman–Crippen LogP) is -0.166. The van der Waals surface area contributed by atoms with Gasteiger partial charge in [-0.2, -0.15) is 19.7 Å². The SMILES string of the molecule is O=C(COc1ccccc1/C=c1\sc2ncnn2c1=O)Nc1ncn[nH]1. The Hall–Kier alpha value is -3.60. The molecule has 0 spiro atoms. The van der Waals surface area contributed by atoms with E-state index in [1.54, 1.807) is 24.3 Å². The molecule has 26 heavy (non-hydrogen) atoms. The van der Waals surface area contributed by atoms with Crippen molar-refractivity contribution in [1.29, 1.82) is 0 Å². The van der Waals surface area contributed by atoms with Gasteiger partial charge in [0.1, 0.15) is 18.4 Å². The van der Waals surface area contributed by atoms with Gasteiger partial charge in [0.2, 0.25) is 10.9 Å². The topological polar surface area (TPSA) is 127 Å². The van der Waals surface area contributed by atoms with Crippen LogP contribution in [-0.4, -0.2) is 42.3 Å². The highest BCUT2D eigenvalue weighted by Gasteiger charge is 2.09. The number of aromatic nitrogens is 6. The van der Waals surface area contributed by atoms with Gasteiger partial charge in [0.05, 0.1) is 4.53 Å². The molecular formula is C15H11N7O3S. The first kappa shape index (κ1) is 15.9. The number of hydrogen-bond acceptors (Lipinski definition) is 8. The lowest BCUT2D eigenvalue weighted by Gasteiger charge is -2.08. The summed E-state index contributed by atoms with van der Waals surface area (Å²) in [5, 5.41) is 12.6. The summed E-state index contributed by atoms with van der Waals surface area (Å²) in [4.78, 5) is 32.5. The molecule has 3 aromatic heterocycles. The second-order valence-electron chi connectivity index (χ2n) is 5.08. The van der Waals surface area contributed by atoms with Gasteiger partial charge >= 0.3 is 0 Å². The molecule has 0 radical (unpaired) electrons.